The lowest BCUT2D eigenvalue weighted by atomic mass is 10.1. The van der Waals surface area contributed by atoms with Gasteiger partial charge in [-0.2, -0.15) is 5.10 Å². The van der Waals surface area contributed by atoms with Crippen molar-refractivity contribution in [3.05, 3.63) is 76.0 Å². The third kappa shape index (κ3) is 4.17. The van der Waals surface area contributed by atoms with E-state index in [0.717, 1.165) is 0 Å². The third-order valence-corrected chi connectivity index (χ3v) is 3.92. The third-order valence-electron chi connectivity index (χ3n) is 3.92. The summed E-state index contributed by atoms with van der Waals surface area (Å²) in [5.74, 6) is -1.71. The fourth-order valence-corrected chi connectivity index (χ4v) is 2.48. The van der Waals surface area contributed by atoms with Gasteiger partial charge in [0.25, 0.3) is 11.5 Å². The van der Waals surface area contributed by atoms with Crippen LogP contribution < -0.4 is 10.9 Å². The maximum absolute atomic E-state index is 12.9. The number of halogens is 1. The number of benzene rings is 2. The molecule has 3 aromatic rings. The average Bonchev–Trinajstić information content (AvgIpc) is 2.67. The molecule has 1 aromatic heterocycles. The molecule has 3 rings (SSSR count). The maximum atomic E-state index is 12.9. The molecule has 138 valence electrons. The van der Waals surface area contributed by atoms with Crippen molar-refractivity contribution in [1.82, 2.24) is 15.5 Å². The Hall–Kier alpha value is -3.55. The Kier molecular flexibility index (Phi) is 5.25. The molecule has 1 amide bonds. The normalized spacial score (nSPS) is 11.8. The van der Waals surface area contributed by atoms with Gasteiger partial charge in [0.05, 0.1) is 5.39 Å². The van der Waals surface area contributed by atoms with E-state index < -0.39 is 23.5 Å². The fourth-order valence-electron chi connectivity index (χ4n) is 2.48. The molecule has 1 heterocycles. The summed E-state index contributed by atoms with van der Waals surface area (Å²) in [4.78, 5) is 36.3. The summed E-state index contributed by atoms with van der Waals surface area (Å²) in [7, 11) is 0. The number of H-pyrrole nitrogens is 1. The number of amides is 1. The van der Waals surface area contributed by atoms with E-state index >= 15 is 0 Å². The Morgan fingerprint density at radius 1 is 1.15 bits per heavy atom. The predicted octanol–water partition coefficient (Wildman–Crippen LogP) is 1.92. The Labute approximate surface area is 153 Å². The SMILES string of the molecule is CC(OC(=O)c1n[nH]c(=O)c2ccccc12)C(=O)NCc1ccc(F)cc1. The lowest BCUT2D eigenvalue weighted by Crippen LogP contribution is -2.35. The van der Waals surface area contributed by atoms with Gasteiger partial charge in [0.15, 0.2) is 11.8 Å². The van der Waals surface area contributed by atoms with Crippen LogP contribution in [0.5, 0.6) is 0 Å². The summed E-state index contributed by atoms with van der Waals surface area (Å²) in [6.07, 6.45) is -1.08. The van der Waals surface area contributed by atoms with Crippen LogP contribution in [0.1, 0.15) is 23.0 Å². The minimum Gasteiger partial charge on any atom is -0.448 e. The van der Waals surface area contributed by atoms with Crippen LogP contribution in [0.25, 0.3) is 10.8 Å². The number of hydrogen-bond acceptors (Lipinski definition) is 5. The monoisotopic (exact) mass is 369 g/mol. The van der Waals surface area contributed by atoms with Crippen molar-refractivity contribution in [2.45, 2.75) is 19.6 Å². The highest BCUT2D eigenvalue weighted by atomic mass is 19.1. The van der Waals surface area contributed by atoms with Crippen LogP contribution in [0, 0.1) is 5.82 Å². The van der Waals surface area contributed by atoms with Crippen LogP contribution in [0.15, 0.2) is 53.3 Å². The number of nitrogens with zero attached hydrogens (tertiary/aromatic N) is 1. The molecular formula is C19H16FN3O4. The number of fused-ring (bicyclic) bond motifs is 1. The number of aromatic nitrogens is 2. The second kappa shape index (κ2) is 7.77. The van der Waals surface area contributed by atoms with E-state index in [2.05, 4.69) is 15.5 Å². The minimum absolute atomic E-state index is 0.0802. The van der Waals surface area contributed by atoms with Gasteiger partial charge >= 0.3 is 5.97 Å². The number of nitrogens with one attached hydrogen (secondary N) is 2. The molecule has 8 heteroatoms. The molecular weight excluding hydrogens is 353 g/mol. The molecule has 0 fully saturated rings. The first-order chi connectivity index (χ1) is 13.0. The van der Waals surface area contributed by atoms with Crippen molar-refractivity contribution in [1.29, 1.82) is 0 Å². The topological polar surface area (TPSA) is 101 Å². The predicted molar refractivity (Wildman–Crippen MR) is 95.5 cm³/mol. The van der Waals surface area contributed by atoms with Crippen LogP contribution in [0.4, 0.5) is 4.39 Å². The molecule has 0 aliphatic rings. The van der Waals surface area contributed by atoms with E-state index in [1.165, 1.54) is 19.1 Å². The molecule has 1 atom stereocenters. The Morgan fingerprint density at radius 2 is 1.81 bits per heavy atom. The van der Waals surface area contributed by atoms with Gasteiger partial charge in [0.1, 0.15) is 5.82 Å². The zero-order chi connectivity index (χ0) is 19.4. The largest absolute Gasteiger partial charge is 0.448 e. The van der Waals surface area contributed by atoms with Gasteiger partial charge in [-0.25, -0.2) is 14.3 Å². The molecule has 27 heavy (non-hydrogen) atoms. The van der Waals surface area contributed by atoms with Crippen LogP contribution in [-0.4, -0.2) is 28.2 Å². The quantitative estimate of drug-likeness (QED) is 0.669. The Balaban J connectivity index is 1.67. The molecule has 0 saturated heterocycles. The van der Waals surface area contributed by atoms with E-state index in [4.69, 9.17) is 4.74 Å². The molecule has 0 radical (unpaired) electrons. The number of hydrogen-bond donors (Lipinski definition) is 2. The minimum atomic E-state index is -1.08. The Morgan fingerprint density at radius 3 is 2.52 bits per heavy atom. The summed E-state index contributed by atoms with van der Waals surface area (Å²) in [6, 6.07) is 12.1. The molecule has 2 aromatic carbocycles. The summed E-state index contributed by atoms with van der Waals surface area (Å²) in [6.45, 7) is 1.59. The van der Waals surface area contributed by atoms with Gasteiger partial charge in [0, 0.05) is 11.9 Å². The zero-order valence-electron chi connectivity index (χ0n) is 14.4. The number of esters is 1. The second-order valence-corrected chi connectivity index (χ2v) is 5.84. The van der Waals surface area contributed by atoms with Crippen LogP contribution >= 0.6 is 0 Å². The number of carbonyl (C=O) groups is 2. The van der Waals surface area contributed by atoms with E-state index in [1.54, 1.807) is 36.4 Å². The van der Waals surface area contributed by atoms with E-state index in [-0.39, 0.29) is 18.1 Å². The maximum Gasteiger partial charge on any atom is 0.360 e. The molecule has 0 aliphatic carbocycles. The highest BCUT2D eigenvalue weighted by Crippen LogP contribution is 2.14. The van der Waals surface area contributed by atoms with Gasteiger partial charge in [-0.1, -0.05) is 30.3 Å². The summed E-state index contributed by atoms with van der Waals surface area (Å²) >= 11 is 0. The Bertz CT molecular complexity index is 1050. The van der Waals surface area contributed by atoms with Crippen molar-refractivity contribution < 1.29 is 18.7 Å². The van der Waals surface area contributed by atoms with Gasteiger partial charge in [-0.05, 0) is 30.7 Å². The van der Waals surface area contributed by atoms with Crippen molar-refractivity contribution in [3.8, 4) is 0 Å². The smallest absolute Gasteiger partial charge is 0.360 e. The van der Waals surface area contributed by atoms with Crippen molar-refractivity contribution in [2.24, 2.45) is 0 Å². The average molecular weight is 369 g/mol. The van der Waals surface area contributed by atoms with Crippen LogP contribution in [-0.2, 0) is 16.1 Å². The fraction of sp³-hybridized carbons (Fsp3) is 0.158. The van der Waals surface area contributed by atoms with Gasteiger partial charge in [0.2, 0.25) is 0 Å². The molecule has 0 bridgehead atoms. The summed E-state index contributed by atoms with van der Waals surface area (Å²) in [5.41, 5.74) is 0.201. The zero-order valence-corrected chi connectivity index (χ0v) is 14.4. The van der Waals surface area contributed by atoms with Crippen molar-refractivity contribution >= 4 is 22.6 Å². The lowest BCUT2D eigenvalue weighted by molar-refractivity contribution is -0.129. The van der Waals surface area contributed by atoms with Gasteiger partial charge in [-0.3, -0.25) is 9.59 Å². The molecule has 7 nitrogen and oxygen atoms in total. The molecule has 0 aliphatic heterocycles. The van der Waals surface area contributed by atoms with Gasteiger partial charge < -0.3 is 10.1 Å². The van der Waals surface area contributed by atoms with E-state index in [9.17, 15) is 18.8 Å². The number of ether oxygens (including phenoxy) is 1. The van der Waals surface area contributed by atoms with Crippen LogP contribution in [0.3, 0.4) is 0 Å². The first kappa shape index (κ1) is 18.2. The number of rotatable bonds is 5. The van der Waals surface area contributed by atoms with E-state index in [0.29, 0.717) is 16.3 Å². The van der Waals surface area contributed by atoms with Crippen molar-refractivity contribution in [2.75, 3.05) is 0 Å². The first-order valence-electron chi connectivity index (χ1n) is 8.16. The summed E-state index contributed by atoms with van der Waals surface area (Å²) < 4.78 is 18.0. The van der Waals surface area contributed by atoms with E-state index in [1.807, 2.05) is 0 Å². The standard InChI is InChI=1S/C19H16FN3O4/c1-11(17(24)21-10-12-6-8-13(20)9-7-12)27-19(26)16-14-4-2-3-5-15(14)18(25)23-22-16/h2-9,11H,10H2,1H3,(H,21,24)(H,23,25). The molecule has 0 spiro atoms. The lowest BCUT2D eigenvalue weighted by Gasteiger charge is -2.13. The molecule has 1 unspecified atom stereocenters. The summed E-state index contributed by atoms with van der Waals surface area (Å²) in [5, 5.41) is 9.22. The molecule has 0 saturated carbocycles. The first-order valence-corrected chi connectivity index (χ1v) is 8.16. The van der Waals surface area contributed by atoms with Gasteiger partial charge in [-0.15, -0.1) is 0 Å². The number of aromatic amines is 1. The number of carbonyl (C=O) groups excluding carboxylic acids is 2. The molecule has 2 N–H and O–H groups in total. The van der Waals surface area contributed by atoms with Crippen LogP contribution in [0.2, 0.25) is 0 Å². The highest BCUT2D eigenvalue weighted by Gasteiger charge is 2.22. The van der Waals surface area contributed by atoms with Crippen molar-refractivity contribution in [3.63, 3.8) is 0 Å². The second-order valence-electron chi connectivity index (χ2n) is 5.84. The highest BCUT2D eigenvalue weighted by molar-refractivity contribution is 6.02.